The molecule has 0 unspecified atom stereocenters. The number of nitrogens with zero attached hydrogens (tertiary/aromatic N) is 3. The topological polar surface area (TPSA) is 84.4 Å². The summed E-state index contributed by atoms with van der Waals surface area (Å²) >= 11 is 0. The second-order valence-corrected chi connectivity index (χ2v) is 6.64. The smallest absolute Gasteiger partial charge is 0.309 e. The Labute approximate surface area is 136 Å². The quantitative estimate of drug-likeness (QED) is 0.847. The van der Waals surface area contributed by atoms with Crippen LogP contribution in [0, 0.1) is 5.92 Å². The minimum Gasteiger partial charge on any atom is -0.460 e. The molecule has 0 bridgehead atoms. The summed E-state index contributed by atoms with van der Waals surface area (Å²) in [6, 6.07) is 1.67. The predicted octanol–water partition coefficient (Wildman–Crippen LogP) is 1.39. The first-order chi connectivity index (χ1) is 10.8. The zero-order valence-corrected chi connectivity index (χ0v) is 14.1. The zero-order valence-electron chi connectivity index (χ0n) is 14.1. The van der Waals surface area contributed by atoms with E-state index in [4.69, 9.17) is 4.74 Å². The van der Waals surface area contributed by atoms with Crippen LogP contribution in [0.3, 0.4) is 0 Å². The number of amides is 1. The average Bonchev–Trinajstić information content (AvgIpc) is 2.53. The van der Waals surface area contributed by atoms with Gasteiger partial charge in [0, 0.05) is 26.2 Å². The van der Waals surface area contributed by atoms with Crippen molar-refractivity contribution < 1.29 is 14.3 Å². The van der Waals surface area contributed by atoms with Gasteiger partial charge in [0.15, 0.2) is 0 Å². The molecule has 7 heteroatoms. The summed E-state index contributed by atoms with van der Waals surface area (Å²) < 4.78 is 5.45. The lowest BCUT2D eigenvalue weighted by Gasteiger charge is -2.33. The Morgan fingerprint density at radius 3 is 2.48 bits per heavy atom. The van der Waals surface area contributed by atoms with E-state index < -0.39 is 5.60 Å². The van der Waals surface area contributed by atoms with Crippen LogP contribution in [0.15, 0.2) is 12.4 Å². The summed E-state index contributed by atoms with van der Waals surface area (Å²) in [5.41, 5.74) is -0.115. The molecular formula is C16H24N4O3. The maximum atomic E-state index is 12.1. The molecule has 1 aromatic heterocycles. The highest BCUT2D eigenvalue weighted by molar-refractivity contribution is 5.92. The molecule has 1 aromatic rings. The molecule has 1 aliphatic heterocycles. The molecule has 1 N–H and O–H groups in total. The summed E-state index contributed by atoms with van der Waals surface area (Å²) in [5, 5.41) is 2.55. The third kappa shape index (κ3) is 4.64. The molecule has 1 aliphatic rings. The summed E-state index contributed by atoms with van der Waals surface area (Å²) in [5.74, 6) is 0.259. The van der Waals surface area contributed by atoms with Crippen molar-refractivity contribution in [3.8, 4) is 0 Å². The van der Waals surface area contributed by atoms with Crippen LogP contribution in [0.1, 0.15) is 44.1 Å². The van der Waals surface area contributed by atoms with Gasteiger partial charge in [-0.2, -0.15) is 0 Å². The molecule has 0 aliphatic carbocycles. The number of hydrogen-bond donors (Lipinski definition) is 1. The van der Waals surface area contributed by atoms with Crippen molar-refractivity contribution in [2.45, 2.75) is 39.2 Å². The lowest BCUT2D eigenvalue weighted by Crippen LogP contribution is -2.39. The van der Waals surface area contributed by atoms with Gasteiger partial charge in [-0.3, -0.25) is 9.59 Å². The molecular weight excluding hydrogens is 296 g/mol. The van der Waals surface area contributed by atoms with E-state index in [1.165, 1.54) is 6.33 Å². The van der Waals surface area contributed by atoms with E-state index in [0.29, 0.717) is 37.4 Å². The maximum absolute atomic E-state index is 12.1. The van der Waals surface area contributed by atoms with Crippen LogP contribution >= 0.6 is 0 Å². The molecule has 7 nitrogen and oxygen atoms in total. The Kier molecular flexibility index (Phi) is 5.18. The van der Waals surface area contributed by atoms with Crippen molar-refractivity contribution in [3.05, 3.63) is 18.1 Å². The van der Waals surface area contributed by atoms with Crippen molar-refractivity contribution in [1.82, 2.24) is 15.3 Å². The van der Waals surface area contributed by atoms with Gasteiger partial charge in [0.25, 0.3) is 5.91 Å². The number of nitrogens with one attached hydrogen (secondary N) is 1. The lowest BCUT2D eigenvalue weighted by atomic mass is 9.96. The van der Waals surface area contributed by atoms with Crippen LogP contribution in [0.4, 0.5) is 5.82 Å². The third-order valence-electron chi connectivity index (χ3n) is 3.67. The second kappa shape index (κ2) is 6.93. The fourth-order valence-electron chi connectivity index (χ4n) is 2.50. The molecule has 2 rings (SSSR count). The molecule has 0 saturated carbocycles. The number of hydrogen-bond acceptors (Lipinski definition) is 6. The van der Waals surface area contributed by atoms with Crippen molar-refractivity contribution in [2.75, 3.05) is 25.0 Å². The van der Waals surface area contributed by atoms with Crippen LogP contribution in [-0.4, -0.2) is 47.6 Å². The number of esters is 1. The Bertz CT molecular complexity index is 575. The minimum atomic E-state index is -0.455. The highest BCUT2D eigenvalue weighted by Gasteiger charge is 2.29. The molecule has 0 spiro atoms. The van der Waals surface area contributed by atoms with E-state index in [1.54, 1.807) is 13.1 Å². The van der Waals surface area contributed by atoms with E-state index in [1.807, 2.05) is 20.8 Å². The van der Waals surface area contributed by atoms with Gasteiger partial charge >= 0.3 is 5.97 Å². The predicted molar refractivity (Wildman–Crippen MR) is 86.2 cm³/mol. The van der Waals surface area contributed by atoms with Crippen molar-refractivity contribution in [1.29, 1.82) is 0 Å². The van der Waals surface area contributed by atoms with Gasteiger partial charge in [-0.25, -0.2) is 9.97 Å². The van der Waals surface area contributed by atoms with E-state index >= 15 is 0 Å². The van der Waals surface area contributed by atoms with Crippen LogP contribution in [0.2, 0.25) is 0 Å². The number of anilines is 1. The van der Waals surface area contributed by atoms with E-state index in [0.717, 1.165) is 0 Å². The maximum Gasteiger partial charge on any atom is 0.309 e. The monoisotopic (exact) mass is 320 g/mol. The molecule has 23 heavy (non-hydrogen) atoms. The Morgan fingerprint density at radius 2 is 1.91 bits per heavy atom. The normalized spacial score (nSPS) is 16.1. The lowest BCUT2D eigenvalue weighted by molar-refractivity contribution is -0.160. The van der Waals surface area contributed by atoms with Crippen LogP contribution in [0.5, 0.6) is 0 Å². The van der Waals surface area contributed by atoms with Crippen LogP contribution in [0.25, 0.3) is 0 Å². The number of aromatic nitrogens is 2. The summed E-state index contributed by atoms with van der Waals surface area (Å²) in [4.78, 5) is 34.0. The third-order valence-corrected chi connectivity index (χ3v) is 3.67. The molecule has 0 aromatic carbocycles. The van der Waals surface area contributed by atoms with Gasteiger partial charge in [-0.05, 0) is 33.6 Å². The number of piperidine rings is 1. The molecule has 0 radical (unpaired) electrons. The SMILES string of the molecule is CNC(=O)c1cc(N2CCC(C(=O)OC(C)(C)C)CC2)ncn1. The fraction of sp³-hybridized carbons (Fsp3) is 0.625. The number of ether oxygens (including phenoxy) is 1. The first kappa shape index (κ1) is 17.2. The van der Waals surface area contributed by atoms with Crippen LogP contribution < -0.4 is 10.2 Å². The van der Waals surface area contributed by atoms with Gasteiger partial charge in [-0.15, -0.1) is 0 Å². The Balaban J connectivity index is 1.97. The average molecular weight is 320 g/mol. The molecule has 1 saturated heterocycles. The highest BCUT2D eigenvalue weighted by atomic mass is 16.6. The number of carbonyl (C=O) groups excluding carboxylic acids is 2. The number of rotatable bonds is 3. The van der Waals surface area contributed by atoms with Gasteiger partial charge in [0.2, 0.25) is 0 Å². The molecule has 2 heterocycles. The van der Waals surface area contributed by atoms with E-state index in [9.17, 15) is 9.59 Å². The minimum absolute atomic E-state index is 0.0780. The van der Waals surface area contributed by atoms with Gasteiger partial charge in [0.1, 0.15) is 23.4 Å². The van der Waals surface area contributed by atoms with Gasteiger partial charge < -0.3 is 15.0 Å². The molecule has 1 fully saturated rings. The first-order valence-corrected chi connectivity index (χ1v) is 7.82. The number of carbonyl (C=O) groups is 2. The van der Waals surface area contributed by atoms with Gasteiger partial charge in [0.05, 0.1) is 5.92 Å². The van der Waals surface area contributed by atoms with E-state index in [2.05, 4.69) is 20.2 Å². The second-order valence-electron chi connectivity index (χ2n) is 6.64. The van der Waals surface area contributed by atoms with Crippen molar-refractivity contribution in [3.63, 3.8) is 0 Å². The summed E-state index contributed by atoms with van der Waals surface area (Å²) in [7, 11) is 1.57. The summed E-state index contributed by atoms with van der Waals surface area (Å²) in [6.45, 7) is 7.03. The van der Waals surface area contributed by atoms with Crippen molar-refractivity contribution in [2.24, 2.45) is 5.92 Å². The van der Waals surface area contributed by atoms with Gasteiger partial charge in [-0.1, -0.05) is 0 Å². The van der Waals surface area contributed by atoms with E-state index in [-0.39, 0.29) is 17.8 Å². The highest BCUT2D eigenvalue weighted by Crippen LogP contribution is 2.24. The molecule has 126 valence electrons. The standard InChI is InChI=1S/C16H24N4O3/c1-16(2,3)23-15(22)11-5-7-20(8-6-11)13-9-12(14(21)17-4)18-10-19-13/h9-11H,5-8H2,1-4H3,(H,17,21). The Hall–Kier alpha value is -2.18. The van der Waals surface area contributed by atoms with Crippen molar-refractivity contribution >= 4 is 17.7 Å². The first-order valence-electron chi connectivity index (χ1n) is 7.82. The fourth-order valence-corrected chi connectivity index (χ4v) is 2.50. The molecule has 1 amide bonds. The zero-order chi connectivity index (χ0) is 17.0. The molecule has 0 atom stereocenters. The summed E-state index contributed by atoms with van der Waals surface area (Å²) in [6.07, 6.45) is 2.82. The van der Waals surface area contributed by atoms with Crippen LogP contribution in [-0.2, 0) is 9.53 Å². The Morgan fingerprint density at radius 1 is 1.26 bits per heavy atom. The largest absolute Gasteiger partial charge is 0.460 e.